The van der Waals surface area contributed by atoms with E-state index < -0.39 is 11.0 Å². The maximum absolute atomic E-state index is 11.2. The molecule has 0 saturated heterocycles. The van der Waals surface area contributed by atoms with E-state index in [4.69, 9.17) is 0 Å². The largest absolute Gasteiger partial charge is 0.530 e. The molecule has 7 heteroatoms. The predicted molar refractivity (Wildman–Crippen MR) is 83.0 cm³/mol. The lowest BCUT2D eigenvalue weighted by atomic mass is 10.2. The van der Waals surface area contributed by atoms with Gasteiger partial charge in [-0.3, -0.25) is 10.1 Å². The lowest BCUT2D eigenvalue weighted by Gasteiger charge is -2.24. The van der Waals surface area contributed by atoms with E-state index in [1.807, 2.05) is 30.3 Å². The molecule has 0 fully saturated rings. The molecule has 22 heavy (non-hydrogen) atoms. The first-order valence-corrected chi connectivity index (χ1v) is 7.47. The van der Waals surface area contributed by atoms with Crippen LogP contribution in [-0.2, 0) is 0 Å². The highest BCUT2D eigenvalue weighted by molar-refractivity contribution is 7.99. The average Bonchev–Trinajstić information content (AvgIpc) is 2.52. The fraction of sp³-hybridized carbons (Fsp3) is 0.133. The minimum absolute atomic E-state index is 0.0827. The van der Waals surface area contributed by atoms with Gasteiger partial charge in [0.15, 0.2) is 0 Å². The van der Waals surface area contributed by atoms with E-state index in [9.17, 15) is 20.0 Å². The van der Waals surface area contributed by atoms with Crippen molar-refractivity contribution < 1.29 is 14.8 Å². The highest BCUT2D eigenvalue weighted by Gasteiger charge is 2.10. The summed E-state index contributed by atoms with van der Waals surface area (Å²) in [6, 6.07) is 15.0. The maximum atomic E-state index is 11.2. The van der Waals surface area contributed by atoms with Crippen LogP contribution < -0.4 is 10.0 Å². The van der Waals surface area contributed by atoms with Crippen LogP contribution in [0.2, 0.25) is 0 Å². The van der Waals surface area contributed by atoms with Crippen LogP contribution in [0.4, 0.5) is 16.2 Å². The van der Waals surface area contributed by atoms with Crippen molar-refractivity contribution in [3.05, 3.63) is 64.7 Å². The van der Waals surface area contributed by atoms with Gasteiger partial charge in [0.25, 0.3) is 5.69 Å². The molecule has 0 spiro atoms. The zero-order chi connectivity index (χ0) is 15.9. The fourth-order valence-corrected chi connectivity index (χ4v) is 2.71. The Morgan fingerprint density at radius 2 is 1.73 bits per heavy atom. The third-order valence-corrected chi connectivity index (χ3v) is 3.91. The van der Waals surface area contributed by atoms with Crippen molar-refractivity contribution in [3.63, 3.8) is 0 Å². The van der Waals surface area contributed by atoms with Gasteiger partial charge in [-0.25, -0.2) is 0 Å². The van der Waals surface area contributed by atoms with E-state index in [0.717, 1.165) is 9.80 Å². The van der Waals surface area contributed by atoms with Crippen LogP contribution in [0.1, 0.15) is 0 Å². The standard InChI is InChI=1S/C15H14N2O4S/c18-15(19)16(10-11-22-14-4-2-1-3-5-14)12-6-8-13(9-7-12)17(20)21/h1-9H,10-11H2,(H,18,19)/p-1. The second kappa shape index (κ2) is 7.46. The van der Waals surface area contributed by atoms with Crippen LogP contribution in [0.15, 0.2) is 59.5 Å². The molecular formula is C15H13N2O4S-. The topological polar surface area (TPSA) is 86.5 Å². The number of amides is 1. The van der Waals surface area contributed by atoms with Gasteiger partial charge in [0, 0.05) is 35.0 Å². The van der Waals surface area contributed by atoms with E-state index in [2.05, 4.69) is 0 Å². The number of rotatable bonds is 6. The summed E-state index contributed by atoms with van der Waals surface area (Å²) in [6.45, 7) is 0.236. The maximum Gasteiger partial charge on any atom is 0.269 e. The van der Waals surface area contributed by atoms with Crippen molar-refractivity contribution in [1.82, 2.24) is 0 Å². The Kier molecular flexibility index (Phi) is 5.37. The molecule has 114 valence electrons. The highest BCUT2D eigenvalue weighted by atomic mass is 32.2. The molecule has 0 radical (unpaired) electrons. The number of nitro benzene ring substituents is 1. The molecule has 0 aromatic heterocycles. The third kappa shape index (κ3) is 4.23. The number of nitrogens with zero attached hydrogens (tertiary/aromatic N) is 2. The van der Waals surface area contributed by atoms with Gasteiger partial charge in [0.2, 0.25) is 0 Å². The first-order chi connectivity index (χ1) is 10.6. The molecule has 0 aliphatic rings. The monoisotopic (exact) mass is 317 g/mol. The number of anilines is 1. The molecule has 2 aromatic rings. The first kappa shape index (κ1) is 15.8. The minimum atomic E-state index is -1.33. The van der Waals surface area contributed by atoms with Crippen LogP contribution >= 0.6 is 11.8 Å². The SMILES string of the molecule is O=C([O-])N(CCSc1ccccc1)c1ccc([N+](=O)[O-])cc1. The lowest BCUT2D eigenvalue weighted by Crippen LogP contribution is -2.42. The highest BCUT2D eigenvalue weighted by Crippen LogP contribution is 2.21. The molecule has 0 aliphatic heterocycles. The summed E-state index contributed by atoms with van der Waals surface area (Å²) in [7, 11) is 0. The molecular weight excluding hydrogens is 304 g/mol. The van der Waals surface area contributed by atoms with Gasteiger partial charge in [-0.15, -0.1) is 11.8 Å². The molecule has 0 saturated carbocycles. The zero-order valence-electron chi connectivity index (χ0n) is 11.5. The summed E-state index contributed by atoms with van der Waals surface area (Å²) < 4.78 is 0. The Labute approximate surface area is 131 Å². The predicted octanol–water partition coefficient (Wildman–Crippen LogP) is 2.54. The summed E-state index contributed by atoms with van der Waals surface area (Å²) >= 11 is 1.53. The van der Waals surface area contributed by atoms with Gasteiger partial charge in [-0.2, -0.15) is 0 Å². The number of carbonyl (C=O) groups is 1. The van der Waals surface area contributed by atoms with E-state index in [1.165, 1.54) is 36.0 Å². The normalized spacial score (nSPS) is 10.2. The quantitative estimate of drug-likeness (QED) is 0.464. The lowest BCUT2D eigenvalue weighted by molar-refractivity contribution is -0.384. The smallest absolute Gasteiger partial charge is 0.269 e. The Morgan fingerprint density at radius 3 is 2.27 bits per heavy atom. The average molecular weight is 317 g/mol. The second-order valence-corrected chi connectivity index (χ2v) is 5.52. The number of hydrogen-bond donors (Lipinski definition) is 0. The summed E-state index contributed by atoms with van der Waals surface area (Å²) in [5.41, 5.74) is 0.278. The Balaban J connectivity index is 2.00. The fourth-order valence-electron chi connectivity index (χ4n) is 1.85. The van der Waals surface area contributed by atoms with Gasteiger partial charge in [-0.1, -0.05) is 18.2 Å². The molecule has 0 aliphatic carbocycles. The first-order valence-electron chi connectivity index (χ1n) is 6.49. The summed E-state index contributed by atoms with van der Waals surface area (Å²) in [5.74, 6) is 0.551. The van der Waals surface area contributed by atoms with Gasteiger partial charge >= 0.3 is 0 Å². The van der Waals surface area contributed by atoms with E-state index in [1.54, 1.807) is 0 Å². The van der Waals surface area contributed by atoms with Gasteiger partial charge in [0.1, 0.15) is 6.09 Å². The molecule has 0 unspecified atom stereocenters. The van der Waals surface area contributed by atoms with Crippen molar-refractivity contribution in [3.8, 4) is 0 Å². The molecule has 1 amide bonds. The van der Waals surface area contributed by atoms with Crippen LogP contribution in [0.3, 0.4) is 0 Å². The summed E-state index contributed by atoms with van der Waals surface area (Å²) in [4.78, 5) is 23.4. The van der Waals surface area contributed by atoms with Crippen molar-refractivity contribution in [2.75, 3.05) is 17.2 Å². The number of non-ortho nitro benzene ring substituents is 1. The van der Waals surface area contributed by atoms with Gasteiger partial charge < -0.3 is 14.8 Å². The zero-order valence-corrected chi connectivity index (χ0v) is 12.4. The molecule has 6 nitrogen and oxygen atoms in total. The van der Waals surface area contributed by atoms with E-state index >= 15 is 0 Å². The van der Waals surface area contributed by atoms with E-state index in [0.29, 0.717) is 11.4 Å². The van der Waals surface area contributed by atoms with Crippen LogP contribution in [0.5, 0.6) is 0 Å². The Morgan fingerprint density at radius 1 is 1.09 bits per heavy atom. The minimum Gasteiger partial charge on any atom is -0.530 e. The van der Waals surface area contributed by atoms with Crippen molar-refractivity contribution in [1.29, 1.82) is 0 Å². The van der Waals surface area contributed by atoms with Crippen LogP contribution in [0, 0.1) is 10.1 Å². The number of hydrogen-bond acceptors (Lipinski definition) is 5. The van der Waals surface area contributed by atoms with Crippen molar-refractivity contribution in [2.45, 2.75) is 4.90 Å². The molecule has 0 N–H and O–H groups in total. The summed E-state index contributed by atoms with van der Waals surface area (Å²) in [5, 5.41) is 21.8. The number of carboxylic acid groups (broad SMARTS) is 1. The molecule has 0 atom stereocenters. The number of benzene rings is 2. The molecule has 2 rings (SSSR count). The van der Waals surface area contributed by atoms with Crippen molar-refractivity contribution in [2.24, 2.45) is 0 Å². The second-order valence-electron chi connectivity index (χ2n) is 4.35. The summed E-state index contributed by atoms with van der Waals surface area (Å²) in [6.07, 6.45) is -1.33. The third-order valence-electron chi connectivity index (χ3n) is 2.92. The van der Waals surface area contributed by atoms with E-state index in [-0.39, 0.29) is 12.2 Å². The number of thioether (sulfide) groups is 1. The Bertz CT molecular complexity index is 646. The molecule has 2 aromatic carbocycles. The van der Waals surface area contributed by atoms with Crippen LogP contribution in [0.25, 0.3) is 0 Å². The van der Waals surface area contributed by atoms with Crippen LogP contribution in [-0.4, -0.2) is 23.3 Å². The molecule has 0 bridgehead atoms. The van der Waals surface area contributed by atoms with Gasteiger partial charge in [-0.05, 0) is 24.3 Å². The molecule has 0 heterocycles. The van der Waals surface area contributed by atoms with Gasteiger partial charge in [0.05, 0.1) is 4.92 Å². The number of nitro groups is 1. The Hall–Kier alpha value is -2.54. The van der Waals surface area contributed by atoms with Crippen molar-refractivity contribution >= 4 is 29.2 Å². The number of carbonyl (C=O) groups excluding carboxylic acids is 1.